The number of ether oxygens (including phenoxy) is 2. The van der Waals surface area contributed by atoms with Gasteiger partial charge in [-0.3, -0.25) is 39.1 Å². The summed E-state index contributed by atoms with van der Waals surface area (Å²) in [6, 6.07) is 9.42. The van der Waals surface area contributed by atoms with Gasteiger partial charge in [-0.25, -0.2) is 9.97 Å². The van der Waals surface area contributed by atoms with E-state index in [1.807, 2.05) is 19.9 Å². The molecule has 4 aliphatic heterocycles. The van der Waals surface area contributed by atoms with Crippen molar-refractivity contribution < 1.29 is 33.4 Å². The molecule has 1 aliphatic carbocycles. The fourth-order valence-corrected chi connectivity index (χ4v) is 10.6. The van der Waals surface area contributed by atoms with E-state index in [1.54, 1.807) is 36.7 Å². The van der Waals surface area contributed by atoms with E-state index in [-0.39, 0.29) is 48.1 Å². The summed E-state index contributed by atoms with van der Waals surface area (Å²) in [5.41, 5.74) is 1.13. The van der Waals surface area contributed by atoms with Gasteiger partial charge in [0.1, 0.15) is 29.7 Å². The summed E-state index contributed by atoms with van der Waals surface area (Å²) in [4.78, 5) is 82.3. The molecule has 1 saturated carbocycles. The Morgan fingerprint density at radius 1 is 0.937 bits per heavy atom. The van der Waals surface area contributed by atoms with Crippen molar-refractivity contribution in [1.29, 1.82) is 5.26 Å². The van der Waals surface area contributed by atoms with E-state index in [0.717, 1.165) is 69.2 Å². The van der Waals surface area contributed by atoms with Crippen LogP contribution in [0, 0.1) is 28.1 Å². The molecule has 1 aromatic heterocycles. The molecule has 16 nitrogen and oxygen atoms in total. The van der Waals surface area contributed by atoms with Gasteiger partial charge in [-0.1, -0.05) is 39.3 Å². The van der Waals surface area contributed by atoms with E-state index in [2.05, 4.69) is 69.1 Å². The van der Waals surface area contributed by atoms with Crippen molar-refractivity contribution in [2.24, 2.45) is 16.7 Å². The molecule has 0 bridgehead atoms. The Morgan fingerprint density at radius 2 is 1.62 bits per heavy atom. The second-order valence-electron chi connectivity index (χ2n) is 18.8. The quantitative estimate of drug-likeness (QED) is 0.249. The molecular formula is C46H54ClN9O7. The minimum atomic E-state index is -1.05. The average molecular weight is 880 g/mol. The van der Waals surface area contributed by atoms with Crippen LogP contribution < -0.4 is 29.9 Å². The van der Waals surface area contributed by atoms with Crippen molar-refractivity contribution in [3.05, 3.63) is 70.0 Å². The summed E-state index contributed by atoms with van der Waals surface area (Å²) >= 11 is 6.25. The molecule has 17 heteroatoms. The van der Waals surface area contributed by atoms with E-state index < -0.39 is 40.5 Å². The Labute approximate surface area is 372 Å². The highest BCUT2D eigenvalue weighted by molar-refractivity contribution is 6.31. The van der Waals surface area contributed by atoms with Crippen LogP contribution in [0.5, 0.6) is 11.5 Å². The molecule has 1 unspecified atom stereocenters. The van der Waals surface area contributed by atoms with Crippen molar-refractivity contribution >= 4 is 52.8 Å². The van der Waals surface area contributed by atoms with Crippen LogP contribution in [-0.2, 0) is 9.59 Å². The summed E-state index contributed by atoms with van der Waals surface area (Å²) in [5.74, 6) is -0.444. The molecule has 5 aliphatic rings. The number of anilines is 2. The largest absolute Gasteiger partial charge is 0.490 e. The molecule has 2 N–H and O–H groups in total. The van der Waals surface area contributed by atoms with Gasteiger partial charge in [-0.05, 0) is 57.2 Å². The number of carbonyl (C=O) groups excluding carboxylic acids is 5. The number of carbonyl (C=O) groups is 5. The number of fused-ring (bicyclic) bond motifs is 1. The molecule has 3 saturated heterocycles. The SMILES string of the molecule is CC(C)Oc1cc(N2CCN(CC3CCN(c4ncc(C(=O)NC5C(C)(C)C(Oc6ccc(C#N)c(Cl)c6)C5(C)C)cn4)CC3)CC2)cc2c1C(=O)N(C1CCC(=O)NC1=O)C2=O. The third-order valence-corrected chi connectivity index (χ3v) is 13.6. The summed E-state index contributed by atoms with van der Waals surface area (Å²) in [6.45, 7) is 17.6. The number of rotatable bonds is 11. The molecule has 5 heterocycles. The van der Waals surface area contributed by atoms with E-state index in [1.165, 1.54) is 0 Å². The van der Waals surface area contributed by atoms with Crippen LogP contribution in [0.4, 0.5) is 11.6 Å². The third kappa shape index (κ3) is 8.40. The van der Waals surface area contributed by atoms with Gasteiger partial charge in [0, 0.05) is 99.3 Å². The maximum Gasteiger partial charge on any atom is 0.266 e. The zero-order chi connectivity index (χ0) is 45.0. The normalized spacial score (nSPS) is 23.5. The minimum Gasteiger partial charge on any atom is -0.490 e. The summed E-state index contributed by atoms with van der Waals surface area (Å²) < 4.78 is 12.5. The lowest BCUT2D eigenvalue weighted by Crippen LogP contribution is -2.74. The number of hydrogen-bond acceptors (Lipinski definition) is 13. The molecule has 5 amide bonds. The van der Waals surface area contributed by atoms with Gasteiger partial charge < -0.3 is 24.6 Å². The number of imide groups is 2. The Hall–Kier alpha value is -5.79. The van der Waals surface area contributed by atoms with Crippen molar-refractivity contribution in [3.63, 3.8) is 0 Å². The maximum absolute atomic E-state index is 13.7. The lowest BCUT2D eigenvalue weighted by atomic mass is 9.49. The van der Waals surface area contributed by atoms with Crippen molar-refractivity contribution in [3.8, 4) is 17.6 Å². The van der Waals surface area contributed by atoms with Crippen LogP contribution in [0.1, 0.15) is 104 Å². The molecule has 1 atom stereocenters. The summed E-state index contributed by atoms with van der Waals surface area (Å²) in [6.07, 6.45) is 4.82. The number of benzene rings is 2. The number of halogens is 1. The molecule has 0 spiro atoms. The smallest absolute Gasteiger partial charge is 0.266 e. The highest BCUT2D eigenvalue weighted by Gasteiger charge is 2.64. The molecule has 3 aromatic rings. The molecule has 332 valence electrons. The molecule has 2 aromatic carbocycles. The zero-order valence-corrected chi connectivity index (χ0v) is 37.3. The van der Waals surface area contributed by atoms with Gasteiger partial charge >= 0.3 is 0 Å². The molecule has 4 fully saturated rings. The molecular weight excluding hydrogens is 826 g/mol. The topological polar surface area (TPSA) is 190 Å². The first-order valence-corrected chi connectivity index (χ1v) is 22.1. The van der Waals surface area contributed by atoms with Gasteiger partial charge in [0.15, 0.2) is 0 Å². The zero-order valence-electron chi connectivity index (χ0n) is 36.6. The van der Waals surface area contributed by atoms with Crippen LogP contribution >= 0.6 is 11.6 Å². The van der Waals surface area contributed by atoms with Crippen molar-refractivity contribution in [2.45, 2.75) is 91.5 Å². The highest BCUT2D eigenvalue weighted by Crippen LogP contribution is 2.55. The third-order valence-electron chi connectivity index (χ3n) is 13.3. The van der Waals surface area contributed by atoms with Gasteiger partial charge in [-0.2, -0.15) is 5.26 Å². The number of amides is 5. The number of aromatic nitrogens is 2. The van der Waals surface area contributed by atoms with Crippen molar-refractivity contribution in [2.75, 3.05) is 55.6 Å². The van der Waals surface area contributed by atoms with Gasteiger partial charge in [0.25, 0.3) is 17.7 Å². The lowest BCUT2D eigenvalue weighted by Gasteiger charge is -2.63. The predicted molar refractivity (Wildman–Crippen MR) is 234 cm³/mol. The average Bonchev–Trinajstić information content (AvgIpc) is 3.50. The number of nitriles is 1. The second kappa shape index (κ2) is 17.1. The van der Waals surface area contributed by atoms with Crippen LogP contribution in [0.15, 0.2) is 42.7 Å². The monoisotopic (exact) mass is 879 g/mol. The maximum atomic E-state index is 13.7. The summed E-state index contributed by atoms with van der Waals surface area (Å²) in [7, 11) is 0. The van der Waals surface area contributed by atoms with Gasteiger partial charge in [0.05, 0.1) is 33.4 Å². The van der Waals surface area contributed by atoms with E-state index in [0.29, 0.717) is 39.5 Å². The number of piperidine rings is 2. The van der Waals surface area contributed by atoms with Gasteiger partial charge in [-0.15, -0.1) is 0 Å². The second-order valence-corrected chi connectivity index (χ2v) is 19.2. The number of nitrogens with zero attached hydrogens (tertiary/aromatic N) is 7. The molecule has 63 heavy (non-hydrogen) atoms. The predicted octanol–water partition coefficient (Wildman–Crippen LogP) is 4.84. The molecule has 8 rings (SSSR count). The Kier molecular flexibility index (Phi) is 11.9. The fourth-order valence-electron chi connectivity index (χ4n) is 10.4. The highest BCUT2D eigenvalue weighted by atomic mass is 35.5. The molecule has 0 radical (unpaired) electrons. The first-order valence-electron chi connectivity index (χ1n) is 21.7. The Balaban J connectivity index is 0.819. The van der Waals surface area contributed by atoms with Crippen LogP contribution in [0.3, 0.4) is 0 Å². The van der Waals surface area contributed by atoms with E-state index in [4.69, 9.17) is 21.1 Å². The fraction of sp³-hybridized carbons (Fsp3) is 0.522. The standard InChI is InChI=1S/C46H54ClN9O7/c1-26(2)62-35-20-30(19-32-37(35)41(61)56(40(32)60)34-9-10-36(57)51-39(34)59)54-17-15-53(16-18-54)25-27-11-13-55(14-12-27)44-49-23-29(24-50-44)38(58)52-42-45(3,4)43(46(42,5)6)63-31-8-7-28(22-48)33(47)21-31/h7-8,19-21,23-24,26-27,34,42-43H,9-18,25H2,1-6H3,(H,52,58)(H,51,57,59). The van der Waals surface area contributed by atoms with Crippen LogP contribution in [0.25, 0.3) is 0 Å². The van der Waals surface area contributed by atoms with E-state index in [9.17, 15) is 29.2 Å². The minimum absolute atomic E-state index is 0.0522. The van der Waals surface area contributed by atoms with Crippen molar-refractivity contribution in [1.82, 2.24) is 30.4 Å². The van der Waals surface area contributed by atoms with Gasteiger partial charge in [0.2, 0.25) is 17.8 Å². The number of nitrogens with one attached hydrogen (secondary N) is 2. The Bertz CT molecular complexity index is 2350. The summed E-state index contributed by atoms with van der Waals surface area (Å²) in [5, 5.41) is 15.0. The lowest BCUT2D eigenvalue weighted by molar-refractivity contribution is -0.164. The van der Waals surface area contributed by atoms with Crippen LogP contribution in [0.2, 0.25) is 5.02 Å². The first-order chi connectivity index (χ1) is 30.0. The van der Waals surface area contributed by atoms with Crippen LogP contribution in [-0.4, -0.2) is 119 Å². The Morgan fingerprint density at radius 3 is 2.24 bits per heavy atom. The first kappa shape index (κ1) is 43.8. The number of piperazine rings is 1. The number of hydrogen-bond donors (Lipinski definition) is 2. The van der Waals surface area contributed by atoms with E-state index >= 15 is 0 Å².